The summed E-state index contributed by atoms with van der Waals surface area (Å²) in [5.41, 5.74) is 7.85. The van der Waals surface area contributed by atoms with Crippen LogP contribution in [0.2, 0.25) is 0 Å². The van der Waals surface area contributed by atoms with E-state index in [0.29, 0.717) is 19.4 Å². The van der Waals surface area contributed by atoms with E-state index in [2.05, 4.69) is 0 Å². The number of aliphatic carboxylic acids is 1. The fourth-order valence-corrected chi connectivity index (χ4v) is 2.62. The summed E-state index contributed by atoms with van der Waals surface area (Å²) < 4.78 is 0. The van der Waals surface area contributed by atoms with Crippen molar-refractivity contribution < 1.29 is 14.7 Å². The number of fused-ring (bicyclic) bond motifs is 1. The fourth-order valence-electron chi connectivity index (χ4n) is 2.62. The predicted molar refractivity (Wildman–Crippen MR) is 75.0 cm³/mol. The van der Waals surface area contributed by atoms with E-state index in [-0.39, 0.29) is 5.91 Å². The molecule has 3 N–H and O–H groups in total. The number of benzene rings is 1. The fraction of sp³-hybridized carbons (Fsp3) is 0.467. The van der Waals surface area contributed by atoms with Crippen LogP contribution in [-0.4, -0.2) is 34.0 Å². The van der Waals surface area contributed by atoms with Crippen LogP contribution in [0.25, 0.3) is 0 Å². The Bertz CT molecular complexity index is 516. The van der Waals surface area contributed by atoms with Crippen LogP contribution >= 0.6 is 0 Å². The van der Waals surface area contributed by atoms with Gasteiger partial charge in [0.1, 0.15) is 6.04 Å². The average Bonchev–Trinajstić information content (AvgIpc) is 2.45. The van der Waals surface area contributed by atoms with E-state index in [1.807, 2.05) is 31.2 Å². The second-order valence-electron chi connectivity index (χ2n) is 5.19. The van der Waals surface area contributed by atoms with Crippen molar-refractivity contribution in [2.24, 2.45) is 5.73 Å². The molecule has 5 nitrogen and oxygen atoms in total. The van der Waals surface area contributed by atoms with Gasteiger partial charge in [0.25, 0.3) is 0 Å². The molecule has 1 amide bonds. The first-order chi connectivity index (χ1) is 9.54. The number of rotatable bonds is 4. The minimum atomic E-state index is -0.975. The molecule has 5 heteroatoms. The van der Waals surface area contributed by atoms with Crippen molar-refractivity contribution in [3.8, 4) is 0 Å². The molecule has 0 radical (unpaired) electrons. The zero-order valence-corrected chi connectivity index (χ0v) is 11.6. The molecular formula is C15H20N2O3. The Labute approximate surface area is 118 Å². The van der Waals surface area contributed by atoms with E-state index in [4.69, 9.17) is 5.73 Å². The van der Waals surface area contributed by atoms with Crippen LogP contribution in [0.15, 0.2) is 24.3 Å². The molecule has 20 heavy (non-hydrogen) atoms. The molecule has 1 aromatic rings. The van der Waals surface area contributed by atoms with Gasteiger partial charge in [-0.15, -0.1) is 0 Å². The topological polar surface area (TPSA) is 83.6 Å². The van der Waals surface area contributed by atoms with E-state index < -0.39 is 18.1 Å². The molecule has 2 atom stereocenters. The van der Waals surface area contributed by atoms with Crippen molar-refractivity contribution in [3.63, 3.8) is 0 Å². The molecule has 0 saturated heterocycles. The van der Waals surface area contributed by atoms with Crippen LogP contribution in [0, 0.1) is 0 Å². The lowest BCUT2D eigenvalue weighted by molar-refractivity contribution is -0.152. The molecule has 1 aliphatic rings. The quantitative estimate of drug-likeness (QED) is 0.864. The number of amides is 1. The maximum atomic E-state index is 12.4. The van der Waals surface area contributed by atoms with Crippen LogP contribution < -0.4 is 5.73 Å². The van der Waals surface area contributed by atoms with Crippen LogP contribution in [0.1, 0.15) is 30.9 Å². The number of carboxylic acids is 1. The second kappa shape index (κ2) is 6.05. The molecule has 1 aliphatic heterocycles. The highest BCUT2D eigenvalue weighted by Gasteiger charge is 2.36. The number of nitrogens with zero attached hydrogens (tertiary/aromatic N) is 1. The summed E-state index contributed by atoms with van der Waals surface area (Å²) in [6.07, 6.45) is 1.72. The second-order valence-corrected chi connectivity index (χ2v) is 5.19. The molecule has 1 aromatic carbocycles. The van der Waals surface area contributed by atoms with Gasteiger partial charge in [0.2, 0.25) is 5.91 Å². The largest absolute Gasteiger partial charge is 0.480 e. The van der Waals surface area contributed by atoms with Gasteiger partial charge in [-0.1, -0.05) is 37.6 Å². The number of nitrogens with two attached hydrogens (primary N) is 1. The Morgan fingerprint density at radius 1 is 1.40 bits per heavy atom. The van der Waals surface area contributed by atoms with Gasteiger partial charge >= 0.3 is 5.97 Å². The molecule has 1 heterocycles. The Morgan fingerprint density at radius 3 is 2.65 bits per heavy atom. The van der Waals surface area contributed by atoms with Crippen molar-refractivity contribution in [3.05, 3.63) is 35.4 Å². The lowest BCUT2D eigenvalue weighted by Gasteiger charge is -2.35. The van der Waals surface area contributed by atoms with Crippen molar-refractivity contribution in [1.82, 2.24) is 4.90 Å². The van der Waals surface area contributed by atoms with Gasteiger partial charge < -0.3 is 15.7 Å². The smallest absolute Gasteiger partial charge is 0.326 e. The van der Waals surface area contributed by atoms with Crippen LogP contribution in [0.3, 0.4) is 0 Å². The number of carbonyl (C=O) groups is 2. The van der Waals surface area contributed by atoms with Gasteiger partial charge in [-0.05, 0) is 17.5 Å². The summed E-state index contributed by atoms with van der Waals surface area (Å²) in [6, 6.07) is 6.19. The molecule has 0 bridgehead atoms. The highest BCUT2D eigenvalue weighted by Crippen LogP contribution is 2.24. The van der Waals surface area contributed by atoms with Gasteiger partial charge in [0, 0.05) is 13.0 Å². The van der Waals surface area contributed by atoms with Gasteiger partial charge in [0.05, 0.1) is 6.04 Å². The first-order valence-electron chi connectivity index (χ1n) is 6.90. The van der Waals surface area contributed by atoms with Crippen molar-refractivity contribution in [2.45, 2.75) is 44.8 Å². The van der Waals surface area contributed by atoms with Crippen molar-refractivity contribution in [1.29, 1.82) is 0 Å². The lowest BCUT2D eigenvalue weighted by Crippen LogP contribution is -2.53. The molecular weight excluding hydrogens is 256 g/mol. The van der Waals surface area contributed by atoms with Crippen molar-refractivity contribution >= 4 is 11.9 Å². The SMILES string of the molecule is CCC[C@@H](N)C(=O)N1Cc2ccccc2C[C@@H]1C(=O)O. The van der Waals surface area contributed by atoms with E-state index in [0.717, 1.165) is 17.5 Å². The van der Waals surface area contributed by atoms with Crippen LogP contribution in [-0.2, 0) is 22.6 Å². The Hall–Kier alpha value is -1.88. The molecule has 0 spiro atoms. The molecule has 2 rings (SSSR count). The zero-order chi connectivity index (χ0) is 14.7. The van der Waals surface area contributed by atoms with Gasteiger partial charge in [-0.25, -0.2) is 4.79 Å². The molecule has 108 valence electrons. The third kappa shape index (κ3) is 2.82. The molecule has 0 aliphatic carbocycles. The lowest BCUT2D eigenvalue weighted by atomic mass is 9.93. The van der Waals surface area contributed by atoms with Gasteiger partial charge in [0.15, 0.2) is 0 Å². The monoisotopic (exact) mass is 276 g/mol. The molecule has 0 saturated carbocycles. The number of carboxylic acid groups (broad SMARTS) is 1. The maximum absolute atomic E-state index is 12.4. The standard InChI is InChI=1S/C15H20N2O3/c1-2-5-12(16)14(18)17-9-11-7-4-3-6-10(11)8-13(17)15(19)20/h3-4,6-7,12-13H,2,5,8-9,16H2,1H3,(H,19,20)/t12-,13-/m1/s1. The summed E-state index contributed by atoms with van der Waals surface area (Å²) >= 11 is 0. The van der Waals surface area contributed by atoms with E-state index >= 15 is 0 Å². The van der Waals surface area contributed by atoms with Crippen molar-refractivity contribution in [2.75, 3.05) is 0 Å². The number of hydrogen-bond donors (Lipinski definition) is 2. The van der Waals surface area contributed by atoms with E-state index in [1.165, 1.54) is 4.90 Å². The third-order valence-corrected chi connectivity index (χ3v) is 3.73. The summed E-state index contributed by atoms with van der Waals surface area (Å²) in [4.78, 5) is 25.2. The van der Waals surface area contributed by atoms with Gasteiger partial charge in [-0.3, -0.25) is 4.79 Å². The summed E-state index contributed by atoms with van der Waals surface area (Å²) in [5, 5.41) is 9.36. The Kier molecular flexibility index (Phi) is 4.39. The minimum Gasteiger partial charge on any atom is -0.480 e. The summed E-state index contributed by atoms with van der Waals surface area (Å²) in [5.74, 6) is -1.25. The molecule has 0 aromatic heterocycles. The third-order valence-electron chi connectivity index (χ3n) is 3.73. The molecule has 0 fully saturated rings. The van der Waals surface area contributed by atoms with E-state index in [1.54, 1.807) is 0 Å². The normalized spacial score (nSPS) is 19.3. The first-order valence-corrected chi connectivity index (χ1v) is 6.90. The highest BCUT2D eigenvalue weighted by atomic mass is 16.4. The first kappa shape index (κ1) is 14.5. The Balaban J connectivity index is 2.26. The van der Waals surface area contributed by atoms with E-state index in [9.17, 15) is 14.7 Å². The highest BCUT2D eigenvalue weighted by molar-refractivity contribution is 5.87. The predicted octanol–water partition coefficient (Wildman–Crippen LogP) is 1.15. The zero-order valence-electron chi connectivity index (χ0n) is 11.6. The maximum Gasteiger partial charge on any atom is 0.326 e. The summed E-state index contributed by atoms with van der Waals surface area (Å²) in [7, 11) is 0. The number of carbonyl (C=O) groups excluding carboxylic acids is 1. The number of hydrogen-bond acceptors (Lipinski definition) is 3. The molecule has 0 unspecified atom stereocenters. The van der Waals surface area contributed by atoms with Crippen LogP contribution in [0.5, 0.6) is 0 Å². The average molecular weight is 276 g/mol. The minimum absolute atomic E-state index is 0.270. The summed E-state index contributed by atoms with van der Waals surface area (Å²) in [6.45, 7) is 2.27. The Morgan fingerprint density at radius 2 is 2.05 bits per heavy atom. The van der Waals surface area contributed by atoms with Gasteiger partial charge in [-0.2, -0.15) is 0 Å². The van der Waals surface area contributed by atoms with Crippen LogP contribution in [0.4, 0.5) is 0 Å².